The van der Waals surface area contributed by atoms with Crippen LogP contribution in [0.3, 0.4) is 0 Å². The summed E-state index contributed by atoms with van der Waals surface area (Å²) in [6, 6.07) is 7.89. The third-order valence-electron chi connectivity index (χ3n) is 5.47. The molecule has 3 heterocycles. The molecule has 0 aliphatic carbocycles. The van der Waals surface area contributed by atoms with Crippen LogP contribution in [-0.4, -0.2) is 21.0 Å². The van der Waals surface area contributed by atoms with Gasteiger partial charge in [-0.25, -0.2) is 18.7 Å². The number of aryl methyl sites for hydroxylation is 1. The average Bonchev–Trinajstić information content (AvgIpc) is 3.39. The molecule has 5 rings (SSSR count). The van der Waals surface area contributed by atoms with Gasteiger partial charge in [0.2, 0.25) is 5.95 Å². The number of nitrogens with two attached hydrogens (primary N) is 1. The number of halogens is 2. The number of anilines is 1. The molecule has 0 amide bonds. The van der Waals surface area contributed by atoms with E-state index in [0.717, 1.165) is 16.9 Å². The molecule has 2 aromatic carbocycles. The van der Waals surface area contributed by atoms with Crippen molar-refractivity contribution < 1.29 is 13.5 Å². The van der Waals surface area contributed by atoms with Crippen molar-refractivity contribution in [3.8, 4) is 16.9 Å². The van der Waals surface area contributed by atoms with Crippen LogP contribution in [0.15, 0.2) is 42.7 Å². The van der Waals surface area contributed by atoms with E-state index >= 15 is 0 Å². The fourth-order valence-corrected chi connectivity index (χ4v) is 4.02. The number of rotatable bonds is 5. The molecule has 0 spiro atoms. The molecule has 0 bridgehead atoms. The molecule has 31 heavy (non-hydrogen) atoms. The number of nitrogens with one attached hydrogen (secondary N) is 1. The molecule has 0 radical (unpaired) electrons. The number of fused-ring (bicyclic) bond motifs is 2. The van der Waals surface area contributed by atoms with Crippen molar-refractivity contribution in [2.75, 3.05) is 11.9 Å². The number of hydrogen-bond acceptors (Lipinski definition) is 5. The van der Waals surface area contributed by atoms with Gasteiger partial charge in [-0.3, -0.25) is 4.40 Å². The third-order valence-corrected chi connectivity index (χ3v) is 5.47. The Morgan fingerprint density at radius 3 is 2.90 bits per heavy atom. The smallest absolute Gasteiger partial charge is 0.208 e. The molecule has 3 N–H and O–H groups in total. The third kappa shape index (κ3) is 3.48. The quantitative estimate of drug-likeness (QED) is 0.510. The van der Waals surface area contributed by atoms with Gasteiger partial charge in [0.05, 0.1) is 12.3 Å². The van der Waals surface area contributed by atoms with E-state index in [4.69, 9.17) is 10.5 Å². The molecule has 1 aliphatic heterocycles. The van der Waals surface area contributed by atoms with Crippen LogP contribution in [0, 0.1) is 18.6 Å². The molecule has 0 fully saturated rings. The van der Waals surface area contributed by atoms with Crippen LogP contribution in [0.4, 0.5) is 14.7 Å². The molecule has 1 aliphatic rings. The summed E-state index contributed by atoms with van der Waals surface area (Å²) in [4.78, 5) is 9.12. The molecule has 0 saturated carbocycles. The summed E-state index contributed by atoms with van der Waals surface area (Å²) >= 11 is 0. The van der Waals surface area contributed by atoms with Gasteiger partial charge in [-0.1, -0.05) is 6.07 Å². The largest absolute Gasteiger partial charge is 0.493 e. The van der Waals surface area contributed by atoms with Gasteiger partial charge in [0.15, 0.2) is 0 Å². The standard InChI is InChI=1S/C23H21F2N5O/c1-13-6-14(8-15(24)7-13)18-10-27-23(30-12-16(9-26)29-22(18)30)28-11-19-17-4-5-31-21(17)3-2-20(19)25/h2-3,6-8,10,12H,4-5,9,11,26H2,1H3,(H,27,28). The lowest BCUT2D eigenvalue weighted by Crippen LogP contribution is -2.09. The first-order valence-corrected chi connectivity index (χ1v) is 10.0. The molecule has 6 nitrogen and oxygen atoms in total. The number of hydrogen-bond donors (Lipinski definition) is 2. The maximum Gasteiger partial charge on any atom is 0.208 e. The molecule has 4 aromatic rings. The summed E-state index contributed by atoms with van der Waals surface area (Å²) in [5.74, 6) is 0.612. The Morgan fingerprint density at radius 2 is 2.10 bits per heavy atom. The first-order valence-electron chi connectivity index (χ1n) is 10.0. The Kier molecular flexibility index (Phi) is 4.78. The van der Waals surface area contributed by atoms with E-state index in [1.807, 2.05) is 13.0 Å². The highest BCUT2D eigenvalue weighted by Crippen LogP contribution is 2.31. The first kappa shape index (κ1) is 19.4. The second-order valence-corrected chi connectivity index (χ2v) is 7.60. The van der Waals surface area contributed by atoms with E-state index in [2.05, 4.69) is 15.3 Å². The number of nitrogens with zero attached hydrogens (tertiary/aromatic N) is 3. The number of aromatic nitrogens is 3. The van der Waals surface area contributed by atoms with Gasteiger partial charge in [0.1, 0.15) is 23.0 Å². The number of benzene rings is 2. The fraction of sp³-hybridized carbons (Fsp3) is 0.217. The van der Waals surface area contributed by atoms with E-state index < -0.39 is 0 Å². The summed E-state index contributed by atoms with van der Waals surface area (Å²) in [6.07, 6.45) is 4.11. The van der Waals surface area contributed by atoms with Crippen molar-refractivity contribution in [2.45, 2.75) is 26.4 Å². The van der Waals surface area contributed by atoms with Gasteiger partial charge in [-0.05, 0) is 42.3 Å². The normalized spacial score (nSPS) is 12.8. The minimum atomic E-state index is -0.323. The van der Waals surface area contributed by atoms with Gasteiger partial charge in [0.25, 0.3) is 0 Å². The Balaban J connectivity index is 1.55. The van der Waals surface area contributed by atoms with Gasteiger partial charge < -0.3 is 15.8 Å². The molecule has 0 unspecified atom stereocenters. The highest BCUT2D eigenvalue weighted by atomic mass is 19.1. The van der Waals surface area contributed by atoms with Crippen molar-refractivity contribution in [2.24, 2.45) is 5.73 Å². The Hall–Kier alpha value is -3.52. The average molecular weight is 421 g/mol. The van der Waals surface area contributed by atoms with Crippen molar-refractivity contribution in [3.05, 3.63) is 76.7 Å². The lowest BCUT2D eigenvalue weighted by Gasteiger charge is -2.13. The van der Waals surface area contributed by atoms with E-state index in [-0.39, 0.29) is 24.7 Å². The summed E-state index contributed by atoms with van der Waals surface area (Å²) in [7, 11) is 0. The lowest BCUT2D eigenvalue weighted by atomic mass is 10.0. The summed E-state index contributed by atoms with van der Waals surface area (Å²) in [5, 5.41) is 3.21. The van der Waals surface area contributed by atoms with Gasteiger partial charge in [0, 0.05) is 48.6 Å². The van der Waals surface area contributed by atoms with Crippen LogP contribution < -0.4 is 15.8 Å². The monoisotopic (exact) mass is 421 g/mol. The second kappa shape index (κ2) is 7.63. The molecule has 8 heteroatoms. The van der Waals surface area contributed by atoms with Crippen molar-refractivity contribution in [1.29, 1.82) is 0 Å². The first-order chi connectivity index (χ1) is 15.0. The van der Waals surface area contributed by atoms with E-state index in [9.17, 15) is 8.78 Å². The highest BCUT2D eigenvalue weighted by Gasteiger charge is 2.20. The predicted octanol–water partition coefficient (Wildman–Crippen LogP) is 3.99. The topological polar surface area (TPSA) is 77.5 Å². The summed E-state index contributed by atoms with van der Waals surface area (Å²) in [6.45, 7) is 2.88. The van der Waals surface area contributed by atoms with E-state index in [1.54, 1.807) is 22.9 Å². The Morgan fingerprint density at radius 1 is 1.23 bits per heavy atom. The van der Waals surface area contributed by atoms with Crippen LogP contribution in [0.5, 0.6) is 5.75 Å². The number of imidazole rings is 1. The fourth-order valence-electron chi connectivity index (χ4n) is 4.02. The van der Waals surface area contributed by atoms with Crippen LogP contribution in [0.1, 0.15) is 22.4 Å². The number of ether oxygens (including phenoxy) is 1. The van der Waals surface area contributed by atoms with Crippen molar-refractivity contribution in [1.82, 2.24) is 14.4 Å². The van der Waals surface area contributed by atoms with E-state index in [1.165, 1.54) is 18.2 Å². The predicted molar refractivity (Wildman–Crippen MR) is 114 cm³/mol. The minimum Gasteiger partial charge on any atom is -0.493 e. The highest BCUT2D eigenvalue weighted by molar-refractivity contribution is 5.78. The molecule has 158 valence electrons. The van der Waals surface area contributed by atoms with Crippen LogP contribution in [0.25, 0.3) is 16.8 Å². The molecule has 2 aromatic heterocycles. The zero-order valence-corrected chi connectivity index (χ0v) is 17.0. The Bertz CT molecular complexity index is 1280. The van der Waals surface area contributed by atoms with Crippen molar-refractivity contribution >= 4 is 11.6 Å². The maximum atomic E-state index is 14.5. The SMILES string of the molecule is Cc1cc(F)cc(-c2cnc(NCc3c(F)ccc4c3CCO4)n3cc(CN)nc23)c1. The second-order valence-electron chi connectivity index (χ2n) is 7.60. The zero-order chi connectivity index (χ0) is 21.5. The zero-order valence-electron chi connectivity index (χ0n) is 17.0. The van der Waals surface area contributed by atoms with Gasteiger partial charge >= 0.3 is 0 Å². The van der Waals surface area contributed by atoms with Crippen LogP contribution >= 0.6 is 0 Å². The molecular formula is C23H21F2N5O. The molecular weight excluding hydrogens is 400 g/mol. The minimum absolute atomic E-state index is 0.245. The van der Waals surface area contributed by atoms with E-state index in [0.29, 0.717) is 47.0 Å². The van der Waals surface area contributed by atoms with Crippen molar-refractivity contribution in [3.63, 3.8) is 0 Å². The van der Waals surface area contributed by atoms with Gasteiger partial charge in [-0.15, -0.1) is 0 Å². The molecule has 0 saturated heterocycles. The maximum absolute atomic E-state index is 14.5. The van der Waals surface area contributed by atoms with Crippen LogP contribution in [0.2, 0.25) is 0 Å². The Labute approximate surface area is 177 Å². The summed E-state index contributed by atoms with van der Waals surface area (Å²) < 4.78 is 35.8. The molecule has 0 atom stereocenters. The van der Waals surface area contributed by atoms with Crippen LogP contribution in [-0.2, 0) is 19.5 Å². The van der Waals surface area contributed by atoms with Gasteiger partial charge in [-0.2, -0.15) is 0 Å². The lowest BCUT2D eigenvalue weighted by molar-refractivity contribution is 0.356. The summed E-state index contributed by atoms with van der Waals surface area (Å²) in [5.41, 5.74) is 10.7.